The molecule has 1 saturated heterocycles. The molecule has 8 heteroatoms. The third-order valence-corrected chi connectivity index (χ3v) is 6.46. The second-order valence-electron chi connectivity index (χ2n) is 5.64. The maximum atomic E-state index is 12.7. The Morgan fingerprint density at radius 2 is 1.89 bits per heavy atom. The zero-order valence-corrected chi connectivity index (χ0v) is 20.1. The molecular weight excluding hydrogens is 612 g/mol. The van der Waals surface area contributed by atoms with Crippen LogP contribution in [0.2, 0.25) is 5.02 Å². The molecular formula is C19H14ClI2NO3S. The minimum atomic E-state index is -0.288. The van der Waals surface area contributed by atoms with Crippen LogP contribution < -0.4 is 4.74 Å². The SMILES string of the molecule is CCOc1c(I)cc(/C=C2\SC(=O)N(Cc3cccc(Cl)c3)C2=O)cc1I. The van der Waals surface area contributed by atoms with Crippen LogP contribution in [-0.2, 0) is 11.3 Å². The predicted molar refractivity (Wildman–Crippen MR) is 126 cm³/mol. The summed E-state index contributed by atoms with van der Waals surface area (Å²) in [7, 11) is 0. The molecule has 1 aliphatic heterocycles. The third kappa shape index (κ3) is 4.99. The number of amides is 2. The maximum Gasteiger partial charge on any atom is 0.293 e. The van der Waals surface area contributed by atoms with E-state index in [1.54, 1.807) is 24.3 Å². The highest BCUT2D eigenvalue weighted by Gasteiger charge is 2.35. The molecule has 140 valence electrons. The molecule has 1 aliphatic rings. The lowest BCUT2D eigenvalue weighted by Gasteiger charge is -2.12. The van der Waals surface area contributed by atoms with Crippen LogP contribution in [0, 0.1) is 7.14 Å². The number of carbonyl (C=O) groups excluding carboxylic acids is 2. The van der Waals surface area contributed by atoms with Crippen molar-refractivity contribution in [3.8, 4) is 5.75 Å². The van der Waals surface area contributed by atoms with E-state index in [0.717, 1.165) is 35.8 Å². The topological polar surface area (TPSA) is 46.6 Å². The van der Waals surface area contributed by atoms with Gasteiger partial charge in [-0.2, -0.15) is 0 Å². The van der Waals surface area contributed by atoms with Gasteiger partial charge in [-0.25, -0.2) is 0 Å². The van der Waals surface area contributed by atoms with Crippen LogP contribution in [0.1, 0.15) is 18.1 Å². The molecule has 2 aromatic rings. The van der Waals surface area contributed by atoms with Crippen molar-refractivity contribution < 1.29 is 14.3 Å². The van der Waals surface area contributed by atoms with Crippen molar-refractivity contribution in [2.24, 2.45) is 0 Å². The van der Waals surface area contributed by atoms with Crippen molar-refractivity contribution in [2.45, 2.75) is 13.5 Å². The summed E-state index contributed by atoms with van der Waals surface area (Å²) in [4.78, 5) is 26.7. The van der Waals surface area contributed by atoms with E-state index < -0.39 is 0 Å². The van der Waals surface area contributed by atoms with Crippen molar-refractivity contribution >= 4 is 85.8 Å². The lowest BCUT2D eigenvalue weighted by molar-refractivity contribution is -0.123. The fourth-order valence-electron chi connectivity index (χ4n) is 2.55. The summed E-state index contributed by atoms with van der Waals surface area (Å²) < 4.78 is 7.57. The van der Waals surface area contributed by atoms with E-state index in [-0.39, 0.29) is 17.7 Å². The number of halogens is 3. The molecule has 2 amide bonds. The molecule has 4 nitrogen and oxygen atoms in total. The van der Waals surface area contributed by atoms with E-state index in [4.69, 9.17) is 16.3 Å². The quantitative estimate of drug-likeness (QED) is 0.294. The number of thioether (sulfide) groups is 1. The molecule has 0 radical (unpaired) electrons. The smallest absolute Gasteiger partial charge is 0.293 e. The summed E-state index contributed by atoms with van der Waals surface area (Å²) in [6.45, 7) is 2.74. The van der Waals surface area contributed by atoms with Gasteiger partial charge in [-0.1, -0.05) is 23.7 Å². The molecule has 0 bridgehead atoms. The molecule has 2 aromatic carbocycles. The number of benzene rings is 2. The van der Waals surface area contributed by atoms with E-state index in [9.17, 15) is 9.59 Å². The van der Waals surface area contributed by atoms with E-state index in [1.165, 1.54) is 4.90 Å². The molecule has 0 N–H and O–H groups in total. The Hall–Kier alpha value is -0.780. The summed E-state index contributed by atoms with van der Waals surface area (Å²) in [6.07, 6.45) is 1.75. The van der Waals surface area contributed by atoms with Gasteiger partial charge < -0.3 is 4.74 Å². The number of carbonyl (C=O) groups is 2. The van der Waals surface area contributed by atoms with Gasteiger partial charge in [0.2, 0.25) is 0 Å². The molecule has 27 heavy (non-hydrogen) atoms. The summed E-state index contributed by atoms with van der Waals surface area (Å²) in [5.41, 5.74) is 1.68. The van der Waals surface area contributed by atoms with Crippen LogP contribution in [0.3, 0.4) is 0 Å². The van der Waals surface area contributed by atoms with E-state index in [0.29, 0.717) is 16.5 Å². The van der Waals surface area contributed by atoms with Gasteiger partial charge in [0.25, 0.3) is 11.1 Å². The highest BCUT2D eigenvalue weighted by molar-refractivity contribution is 14.1. The van der Waals surface area contributed by atoms with Crippen molar-refractivity contribution in [3.05, 3.63) is 64.6 Å². The largest absolute Gasteiger partial charge is 0.492 e. The van der Waals surface area contributed by atoms with Gasteiger partial charge >= 0.3 is 0 Å². The Bertz CT molecular complexity index is 925. The number of nitrogens with zero attached hydrogens (tertiary/aromatic N) is 1. The summed E-state index contributed by atoms with van der Waals surface area (Å²) >= 11 is 11.4. The summed E-state index contributed by atoms with van der Waals surface area (Å²) in [5.74, 6) is 0.550. The van der Waals surface area contributed by atoms with Crippen molar-refractivity contribution in [3.63, 3.8) is 0 Å². The Labute approximate surface area is 193 Å². The number of rotatable bonds is 5. The summed E-state index contributed by atoms with van der Waals surface area (Å²) in [6, 6.07) is 11.0. The van der Waals surface area contributed by atoms with Crippen LogP contribution in [0.25, 0.3) is 6.08 Å². The first-order valence-corrected chi connectivity index (χ1v) is 11.4. The van der Waals surface area contributed by atoms with Crippen LogP contribution in [0.4, 0.5) is 4.79 Å². The third-order valence-electron chi connectivity index (χ3n) is 3.71. The second-order valence-corrected chi connectivity index (χ2v) is 9.40. The van der Waals surface area contributed by atoms with Crippen LogP contribution in [-0.4, -0.2) is 22.7 Å². The number of imide groups is 1. The Balaban J connectivity index is 1.84. The average Bonchev–Trinajstić information content (AvgIpc) is 2.86. The number of hydrogen-bond acceptors (Lipinski definition) is 4. The molecule has 1 fully saturated rings. The van der Waals surface area contributed by atoms with Gasteiger partial charge in [0, 0.05) is 5.02 Å². The predicted octanol–water partition coefficient (Wildman–Crippen LogP) is 6.18. The van der Waals surface area contributed by atoms with Gasteiger partial charge in [-0.3, -0.25) is 14.5 Å². The van der Waals surface area contributed by atoms with Crippen LogP contribution >= 0.6 is 68.5 Å². The van der Waals surface area contributed by atoms with Crippen LogP contribution in [0.5, 0.6) is 5.75 Å². The first-order valence-electron chi connectivity index (χ1n) is 8.00. The standard InChI is InChI=1S/C19H14ClI2NO3S/c1-2-26-17-14(21)7-12(8-15(17)22)9-16-18(24)23(19(25)27-16)10-11-4-3-5-13(20)6-11/h3-9H,2,10H2,1H3/b16-9-. The lowest BCUT2D eigenvalue weighted by atomic mass is 10.2. The Morgan fingerprint density at radius 3 is 2.52 bits per heavy atom. The van der Waals surface area contributed by atoms with Gasteiger partial charge in [-0.15, -0.1) is 0 Å². The molecule has 1 heterocycles. The molecule has 0 saturated carbocycles. The number of hydrogen-bond donors (Lipinski definition) is 0. The fraction of sp³-hybridized carbons (Fsp3) is 0.158. The monoisotopic (exact) mass is 625 g/mol. The second kappa shape index (κ2) is 9.15. The fourth-order valence-corrected chi connectivity index (χ4v) is 5.73. The molecule has 0 aromatic heterocycles. The van der Waals surface area contributed by atoms with E-state index in [1.807, 2.05) is 25.1 Å². The van der Waals surface area contributed by atoms with Gasteiger partial charge in [0.05, 0.1) is 25.2 Å². The highest BCUT2D eigenvalue weighted by atomic mass is 127. The van der Waals surface area contributed by atoms with E-state index >= 15 is 0 Å². The number of ether oxygens (including phenoxy) is 1. The van der Waals surface area contributed by atoms with Gasteiger partial charge in [0.1, 0.15) is 5.75 Å². The summed E-state index contributed by atoms with van der Waals surface area (Å²) in [5, 5.41) is 0.301. The molecule has 3 rings (SSSR count). The normalized spacial score (nSPS) is 15.7. The zero-order chi connectivity index (χ0) is 19.6. The zero-order valence-electron chi connectivity index (χ0n) is 14.2. The first-order chi connectivity index (χ1) is 12.9. The van der Waals surface area contributed by atoms with Crippen molar-refractivity contribution in [1.82, 2.24) is 4.90 Å². The molecule has 0 atom stereocenters. The Kier molecular flexibility index (Phi) is 7.09. The maximum absolute atomic E-state index is 12.7. The van der Waals surface area contributed by atoms with E-state index in [2.05, 4.69) is 45.2 Å². The van der Waals surface area contributed by atoms with Gasteiger partial charge in [0.15, 0.2) is 0 Å². The minimum Gasteiger partial charge on any atom is -0.492 e. The van der Waals surface area contributed by atoms with Crippen molar-refractivity contribution in [1.29, 1.82) is 0 Å². The highest BCUT2D eigenvalue weighted by Crippen LogP contribution is 2.35. The molecule has 0 aliphatic carbocycles. The Morgan fingerprint density at radius 1 is 1.19 bits per heavy atom. The average molecular weight is 626 g/mol. The van der Waals surface area contributed by atoms with Crippen molar-refractivity contribution in [2.75, 3.05) is 6.61 Å². The van der Waals surface area contributed by atoms with Crippen LogP contribution in [0.15, 0.2) is 41.3 Å². The minimum absolute atomic E-state index is 0.209. The molecule has 0 spiro atoms. The lowest BCUT2D eigenvalue weighted by Crippen LogP contribution is -2.27. The van der Waals surface area contributed by atoms with Gasteiger partial charge in [-0.05, 0) is 105 Å². The molecule has 0 unspecified atom stereocenters. The first kappa shape index (κ1) is 20.9.